The highest BCUT2D eigenvalue weighted by Gasteiger charge is 2.18. The molecule has 0 aromatic heterocycles. The Bertz CT molecular complexity index is 311. The molecule has 0 heterocycles. The highest BCUT2D eigenvalue weighted by molar-refractivity contribution is 5.76. The van der Waals surface area contributed by atoms with Crippen LogP contribution in [0.15, 0.2) is 30.3 Å². The summed E-state index contributed by atoms with van der Waals surface area (Å²) in [6.07, 6.45) is 0.674. The number of benzene rings is 1. The first kappa shape index (κ1) is 12.7. The van der Waals surface area contributed by atoms with E-state index >= 15 is 0 Å². The van der Waals surface area contributed by atoms with Gasteiger partial charge in [0.15, 0.2) is 0 Å². The summed E-state index contributed by atoms with van der Waals surface area (Å²) in [7, 11) is 0. The molecule has 1 N–H and O–H groups in total. The van der Waals surface area contributed by atoms with Gasteiger partial charge in [-0.25, -0.2) is 0 Å². The highest BCUT2D eigenvalue weighted by Crippen LogP contribution is 2.04. The molecule has 16 heavy (non-hydrogen) atoms. The van der Waals surface area contributed by atoms with Gasteiger partial charge in [0.05, 0.1) is 6.61 Å². The van der Waals surface area contributed by atoms with E-state index in [0.717, 1.165) is 12.1 Å². The number of hydrogen-bond donors (Lipinski definition) is 1. The molecule has 0 aliphatic carbocycles. The van der Waals surface area contributed by atoms with Gasteiger partial charge in [-0.1, -0.05) is 37.3 Å². The van der Waals surface area contributed by atoms with Gasteiger partial charge in [-0.05, 0) is 25.5 Å². The number of esters is 1. The molecular weight excluding hydrogens is 202 g/mol. The summed E-state index contributed by atoms with van der Waals surface area (Å²) in [6, 6.07) is 9.71. The van der Waals surface area contributed by atoms with Crippen molar-refractivity contribution in [3.63, 3.8) is 0 Å². The Morgan fingerprint density at radius 3 is 2.56 bits per heavy atom. The maximum atomic E-state index is 11.7. The summed E-state index contributed by atoms with van der Waals surface area (Å²) in [5.74, 6) is -0.173. The van der Waals surface area contributed by atoms with Gasteiger partial charge in [0.2, 0.25) is 0 Å². The minimum Gasteiger partial charge on any atom is -0.465 e. The predicted molar refractivity (Wildman–Crippen MR) is 64.2 cm³/mol. The zero-order valence-electron chi connectivity index (χ0n) is 9.90. The Morgan fingerprint density at radius 1 is 1.31 bits per heavy atom. The molecule has 0 amide bonds. The highest BCUT2D eigenvalue weighted by atomic mass is 16.5. The monoisotopic (exact) mass is 221 g/mol. The van der Waals surface area contributed by atoms with Crippen molar-refractivity contribution in [2.45, 2.75) is 26.3 Å². The first-order valence-electron chi connectivity index (χ1n) is 5.71. The number of carbonyl (C=O) groups excluding carboxylic acids is 1. The van der Waals surface area contributed by atoms with E-state index in [1.807, 2.05) is 44.2 Å². The van der Waals surface area contributed by atoms with Gasteiger partial charge in [-0.15, -0.1) is 0 Å². The molecule has 1 atom stereocenters. The predicted octanol–water partition coefficient (Wildman–Crippen LogP) is 1.77. The minimum atomic E-state index is -0.243. The maximum absolute atomic E-state index is 11.7. The molecule has 0 radical (unpaired) electrons. The van der Waals surface area contributed by atoms with Gasteiger partial charge < -0.3 is 10.1 Å². The maximum Gasteiger partial charge on any atom is 0.323 e. The van der Waals surface area contributed by atoms with E-state index in [-0.39, 0.29) is 12.0 Å². The second kappa shape index (κ2) is 7.01. The second-order valence-electron chi connectivity index (χ2n) is 3.55. The Hall–Kier alpha value is -1.35. The SMILES string of the molecule is CCN[C@H](Cc1ccccc1)C(=O)OCC. The fourth-order valence-electron chi connectivity index (χ4n) is 1.58. The lowest BCUT2D eigenvalue weighted by Gasteiger charge is -2.16. The largest absolute Gasteiger partial charge is 0.465 e. The number of carbonyl (C=O) groups is 1. The molecule has 1 rings (SSSR count). The first-order chi connectivity index (χ1) is 7.77. The molecule has 3 nitrogen and oxygen atoms in total. The van der Waals surface area contributed by atoms with E-state index < -0.39 is 0 Å². The van der Waals surface area contributed by atoms with Crippen LogP contribution in [0, 0.1) is 0 Å². The van der Waals surface area contributed by atoms with E-state index in [4.69, 9.17) is 4.74 Å². The van der Waals surface area contributed by atoms with Crippen molar-refractivity contribution in [1.82, 2.24) is 5.32 Å². The molecular formula is C13H19NO2. The van der Waals surface area contributed by atoms with E-state index in [1.54, 1.807) is 0 Å². The zero-order chi connectivity index (χ0) is 11.8. The number of ether oxygens (including phenoxy) is 1. The van der Waals surface area contributed by atoms with Gasteiger partial charge in [0, 0.05) is 0 Å². The molecule has 0 fully saturated rings. The number of hydrogen-bond acceptors (Lipinski definition) is 3. The Labute approximate surface area is 96.8 Å². The van der Waals surface area contributed by atoms with Gasteiger partial charge >= 0.3 is 5.97 Å². The van der Waals surface area contributed by atoms with Crippen molar-refractivity contribution in [1.29, 1.82) is 0 Å². The Kier molecular flexibility index (Phi) is 5.57. The van der Waals surface area contributed by atoms with Crippen molar-refractivity contribution >= 4 is 5.97 Å². The molecule has 0 unspecified atom stereocenters. The molecule has 0 aliphatic rings. The molecule has 0 saturated carbocycles. The van der Waals surface area contributed by atoms with Crippen molar-refractivity contribution in [2.24, 2.45) is 0 Å². The topological polar surface area (TPSA) is 38.3 Å². The quantitative estimate of drug-likeness (QED) is 0.744. The zero-order valence-corrected chi connectivity index (χ0v) is 9.90. The molecule has 0 aliphatic heterocycles. The average Bonchev–Trinajstić information content (AvgIpc) is 2.30. The third-order valence-electron chi connectivity index (χ3n) is 2.30. The van der Waals surface area contributed by atoms with Crippen molar-refractivity contribution in [3.8, 4) is 0 Å². The lowest BCUT2D eigenvalue weighted by molar-refractivity contribution is -0.145. The van der Waals surface area contributed by atoms with Gasteiger partial charge in [-0.2, -0.15) is 0 Å². The standard InChI is InChI=1S/C13H19NO2/c1-3-14-12(13(15)16-4-2)10-11-8-6-5-7-9-11/h5-9,12,14H,3-4,10H2,1-2H3/t12-/m1/s1. The van der Waals surface area contributed by atoms with Crippen LogP contribution in [0.25, 0.3) is 0 Å². The molecule has 3 heteroatoms. The fourth-order valence-corrected chi connectivity index (χ4v) is 1.58. The lowest BCUT2D eigenvalue weighted by Crippen LogP contribution is -2.39. The lowest BCUT2D eigenvalue weighted by atomic mass is 10.1. The van der Waals surface area contributed by atoms with E-state index in [0.29, 0.717) is 13.0 Å². The van der Waals surface area contributed by atoms with Crippen LogP contribution in [-0.4, -0.2) is 25.2 Å². The summed E-state index contributed by atoms with van der Waals surface area (Å²) in [5.41, 5.74) is 1.14. The van der Waals surface area contributed by atoms with Crippen LogP contribution in [0.2, 0.25) is 0 Å². The molecule has 1 aromatic carbocycles. The second-order valence-corrected chi connectivity index (χ2v) is 3.55. The fraction of sp³-hybridized carbons (Fsp3) is 0.462. The van der Waals surface area contributed by atoms with Crippen LogP contribution in [0.1, 0.15) is 19.4 Å². The van der Waals surface area contributed by atoms with Crippen LogP contribution < -0.4 is 5.32 Å². The van der Waals surface area contributed by atoms with Crippen molar-refractivity contribution in [3.05, 3.63) is 35.9 Å². The van der Waals surface area contributed by atoms with Gasteiger partial charge in [0.25, 0.3) is 0 Å². The third kappa shape index (κ3) is 4.03. The van der Waals surface area contributed by atoms with E-state index in [1.165, 1.54) is 0 Å². The Balaban J connectivity index is 2.60. The summed E-state index contributed by atoms with van der Waals surface area (Å²) in [5, 5.41) is 3.14. The van der Waals surface area contributed by atoms with E-state index in [9.17, 15) is 4.79 Å². The van der Waals surface area contributed by atoms with Crippen LogP contribution in [0.5, 0.6) is 0 Å². The molecule has 1 aromatic rings. The van der Waals surface area contributed by atoms with Crippen LogP contribution in [0.3, 0.4) is 0 Å². The van der Waals surface area contributed by atoms with Gasteiger partial charge in [0.1, 0.15) is 6.04 Å². The summed E-state index contributed by atoms with van der Waals surface area (Å²) in [6.45, 7) is 4.99. The van der Waals surface area contributed by atoms with Crippen LogP contribution in [0.4, 0.5) is 0 Å². The smallest absolute Gasteiger partial charge is 0.323 e. The normalized spacial score (nSPS) is 12.1. The molecule has 88 valence electrons. The van der Waals surface area contributed by atoms with Crippen LogP contribution >= 0.6 is 0 Å². The summed E-state index contributed by atoms with van der Waals surface area (Å²) in [4.78, 5) is 11.7. The number of nitrogens with one attached hydrogen (secondary N) is 1. The average molecular weight is 221 g/mol. The number of likely N-dealkylation sites (N-methyl/N-ethyl adjacent to an activating group) is 1. The van der Waals surface area contributed by atoms with Gasteiger partial charge in [-0.3, -0.25) is 4.79 Å². The van der Waals surface area contributed by atoms with E-state index in [2.05, 4.69) is 5.32 Å². The Morgan fingerprint density at radius 2 is 2.00 bits per heavy atom. The molecule has 0 saturated heterocycles. The van der Waals surface area contributed by atoms with Crippen LogP contribution in [-0.2, 0) is 16.0 Å². The minimum absolute atomic E-state index is 0.173. The van der Waals surface area contributed by atoms with Crippen molar-refractivity contribution in [2.75, 3.05) is 13.2 Å². The third-order valence-corrected chi connectivity index (χ3v) is 2.30. The molecule has 0 spiro atoms. The number of rotatable bonds is 6. The molecule has 0 bridgehead atoms. The van der Waals surface area contributed by atoms with Crippen molar-refractivity contribution < 1.29 is 9.53 Å². The first-order valence-corrected chi connectivity index (χ1v) is 5.71. The summed E-state index contributed by atoms with van der Waals surface area (Å²) >= 11 is 0. The summed E-state index contributed by atoms with van der Waals surface area (Å²) < 4.78 is 5.03.